The maximum atomic E-state index is 13.3. The number of aromatic nitrogens is 6. The number of H-pyrrole nitrogens is 1. The molecule has 2 N–H and O–H groups in total. The topological polar surface area (TPSA) is 92.5 Å². The van der Waals surface area contributed by atoms with Crippen LogP contribution in [0.3, 0.4) is 0 Å². The Kier molecular flexibility index (Phi) is 2.08. The SMILES string of the molecule is OCc1nn(-c2ncnc3[nH]ncc23)cc1F. The molecular weight excluding hydrogens is 227 g/mol. The molecule has 0 unspecified atom stereocenters. The van der Waals surface area contributed by atoms with Gasteiger partial charge in [-0.3, -0.25) is 5.10 Å². The quantitative estimate of drug-likeness (QED) is 0.659. The number of aliphatic hydroxyl groups is 1. The minimum Gasteiger partial charge on any atom is -0.390 e. The smallest absolute Gasteiger partial charge is 0.167 e. The Labute approximate surface area is 93.9 Å². The number of aromatic amines is 1. The first-order chi connectivity index (χ1) is 8.29. The minimum absolute atomic E-state index is 0.0275. The van der Waals surface area contributed by atoms with Crippen molar-refractivity contribution in [1.29, 1.82) is 0 Å². The Hall–Kier alpha value is -2.35. The van der Waals surface area contributed by atoms with Crippen molar-refractivity contribution < 1.29 is 9.50 Å². The fourth-order valence-corrected chi connectivity index (χ4v) is 1.54. The van der Waals surface area contributed by atoms with Gasteiger partial charge in [0.15, 0.2) is 17.3 Å². The summed E-state index contributed by atoms with van der Waals surface area (Å²) in [5, 5.41) is 19.9. The summed E-state index contributed by atoms with van der Waals surface area (Å²) in [4.78, 5) is 7.98. The van der Waals surface area contributed by atoms with Crippen LogP contribution in [0.15, 0.2) is 18.7 Å². The van der Waals surface area contributed by atoms with Crippen molar-refractivity contribution in [2.45, 2.75) is 6.61 Å². The van der Waals surface area contributed by atoms with Crippen LogP contribution in [0.1, 0.15) is 5.69 Å². The predicted octanol–water partition coefficient (Wildman–Crippen LogP) is 0.170. The van der Waals surface area contributed by atoms with E-state index >= 15 is 0 Å². The van der Waals surface area contributed by atoms with Gasteiger partial charge in [-0.1, -0.05) is 0 Å². The second kappa shape index (κ2) is 3.59. The number of hydrogen-bond acceptors (Lipinski definition) is 5. The average molecular weight is 234 g/mol. The molecule has 0 aliphatic rings. The van der Waals surface area contributed by atoms with Crippen LogP contribution in [0.4, 0.5) is 4.39 Å². The van der Waals surface area contributed by atoms with Gasteiger partial charge in [-0.05, 0) is 0 Å². The third kappa shape index (κ3) is 1.46. The second-order valence-electron chi connectivity index (χ2n) is 3.36. The fraction of sp³-hybridized carbons (Fsp3) is 0.111. The van der Waals surface area contributed by atoms with E-state index in [0.29, 0.717) is 16.9 Å². The molecule has 0 amide bonds. The van der Waals surface area contributed by atoms with E-state index in [4.69, 9.17) is 5.11 Å². The first-order valence-corrected chi connectivity index (χ1v) is 4.79. The zero-order valence-electron chi connectivity index (χ0n) is 8.50. The van der Waals surface area contributed by atoms with Crippen LogP contribution >= 0.6 is 0 Å². The van der Waals surface area contributed by atoms with Gasteiger partial charge in [0, 0.05) is 0 Å². The highest BCUT2D eigenvalue weighted by molar-refractivity contribution is 5.80. The molecular formula is C9H7FN6O. The molecule has 0 fully saturated rings. The molecule has 3 rings (SSSR count). The number of nitrogens with one attached hydrogen (secondary N) is 1. The number of hydrogen-bond donors (Lipinski definition) is 2. The van der Waals surface area contributed by atoms with E-state index in [1.54, 1.807) is 0 Å². The maximum absolute atomic E-state index is 13.3. The first kappa shape index (κ1) is 9.85. The lowest BCUT2D eigenvalue weighted by molar-refractivity contribution is 0.270. The van der Waals surface area contributed by atoms with Crippen molar-refractivity contribution in [2.75, 3.05) is 0 Å². The monoisotopic (exact) mass is 234 g/mol. The molecule has 17 heavy (non-hydrogen) atoms. The van der Waals surface area contributed by atoms with Crippen LogP contribution in [0.2, 0.25) is 0 Å². The second-order valence-corrected chi connectivity index (χ2v) is 3.36. The lowest BCUT2D eigenvalue weighted by atomic mass is 10.4. The van der Waals surface area contributed by atoms with Gasteiger partial charge >= 0.3 is 0 Å². The Morgan fingerprint density at radius 1 is 1.41 bits per heavy atom. The Balaban J connectivity index is 2.23. The van der Waals surface area contributed by atoms with Crippen molar-refractivity contribution in [3.8, 4) is 5.82 Å². The van der Waals surface area contributed by atoms with Crippen LogP contribution in [-0.4, -0.2) is 35.1 Å². The lowest BCUT2D eigenvalue weighted by Gasteiger charge is -1.99. The van der Waals surface area contributed by atoms with Crippen LogP contribution in [0, 0.1) is 5.82 Å². The number of halogens is 1. The van der Waals surface area contributed by atoms with Gasteiger partial charge in [-0.25, -0.2) is 19.0 Å². The normalized spacial score (nSPS) is 11.2. The standard InChI is InChI=1S/C9H7FN6O/c10-6-2-16(15-7(6)3-17)9-5-1-13-14-8(5)11-4-12-9/h1-2,4,17H,3H2,(H,11,12,13,14). The highest BCUT2D eigenvalue weighted by Gasteiger charge is 2.12. The minimum atomic E-state index is -0.581. The molecule has 3 aromatic rings. The summed E-state index contributed by atoms with van der Waals surface area (Å²) >= 11 is 0. The molecule has 7 nitrogen and oxygen atoms in total. The highest BCUT2D eigenvalue weighted by atomic mass is 19.1. The van der Waals surface area contributed by atoms with Gasteiger partial charge in [0.25, 0.3) is 0 Å². The van der Waals surface area contributed by atoms with E-state index in [1.165, 1.54) is 17.2 Å². The largest absolute Gasteiger partial charge is 0.390 e. The highest BCUT2D eigenvalue weighted by Crippen LogP contribution is 2.16. The molecule has 0 bridgehead atoms. The zero-order valence-corrected chi connectivity index (χ0v) is 8.50. The van der Waals surface area contributed by atoms with Crippen molar-refractivity contribution in [3.05, 3.63) is 30.2 Å². The molecule has 0 saturated carbocycles. The summed E-state index contributed by atoms with van der Waals surface area (Å²) in [5.74, 6) is -0.176. The van der Waals surface area contributed by atoms with Gasteiger partial charge in [0.05, 0.1) is 24.4 Å². The Morgan fingerprint density at radius 3 is 3.06 bits per heavy atom. The third-order valence-corrected chi connectivity index (χ3v) is 2.33. The van der Waals surface area contributed by atoms with Crippen LogP contribution in [-0.2, 0) is 6.61 Å². The molecule has 86 valence electrons. The van der Waals surface area contributed by atoms with Gasteiger partial charge in [0.2, 0.25) is 0 Å². The summed E-state index contributed by atoms with van der Waals surface area (Å²) < 4.78 is 14.6. The molecule has 0 aromatic carbocycles. The molecule has 0 saturated heterocycles. The van der Waals surface area contributed by atoms with Crippen LogP contribution in [0.5, 0.6) is 0 Å². The summed E-state index contributed by atoms with van der Waals surface area (Å²) in [5.41, 5.74) is 0.511. The fourth-order valence-electron chi connectivity index (χ4n) is 1.54. The molecule has 8 heteroatoms. The van der Waals surface area contributed by atoms with E-state index in [2.05, 4.69) is 25.3 Å². The van der Waals surface area contributed by atoms with E-state index in [9.17, 15) is 4.39 Å². The zero-order chi connectivity index (χ0) is 11.8. The van der Waals surface area contributed by atoms with E-state index in [-0.39, 0.29) is 5.69 Å². The number of rotatable bonds is 2. The van der Waals surface area contributed by atoms with Crippen LogP contribution < -0.4 is 0 Å². The van der Waals surface area contributed by atoms with Crippen molar-refractivity contribution in [1.82, 2.24) is 29.9 Å². The summed E-state index contributed by atoms with van der Waals surface area (Å²) in [6, 6.07) is 0. The first-order valence-electron chi connectivity index (χ1n) is 4.79. The van der Waals surface area contributed by atoms with Gasteiger partial charge < -0.3 is 5.11 Å². The number of fused-ring (bicyclic) bond motifs is 1. The van der Waals surface area contributed by atoms with Crippen molar-refractivity contribution in [2.24, 2.45) is 0 Å². The predicted molar refractivity (Wildman–Crippen MR) is 54.7 cm³/mol. The molecule has 0 radical (unpaired) electrons. The van der Waals surface area contributed by atoms with E-state index < -0.39 is 12.4 Å². The van der Waals surface area contributed by atoms with Gasteiger partial charge in [-0.15, -0.1) is 0 Å². The number of nitrogens with zero attached hydrogens (tertiary/aromatic N) is 5. The summed E-state index contributed by atoms with van der Waals surface area (Å²) in [7, 11) is 0. The molecule has 0 aliphatic carbocycles. The van der Waals surface area contributed by atoms with Gasteiger partial charge in [-0.2, -0.15) is 10.2 Å². The third-order valence-electron chi connectivity index (χ3n) is 2.33. The van der Waals surface area contributed by atoms with E-state index in [0.717, 1.165) is 6.20 Å². The van der Waals surface area contributed by atoms with Crippen molar-refractivity contribution in [3.63, 3.8) is 0 Å². The summed E-state index contributed by atoms with van der Waals surface area (Å²) in [6.45, 7) is -0.460. The maximum Gasteiger partial charge on any atom is 0.167 e. The number of aliphatic hydroxyl groups excluding tert-OH is 1. The summed E-state index contributed by atoms with van der Waals surface area (Å²) in [6.07, 6.45) is 4.01. The molecule has 0 aliphatic heterocycles. The molecule has 3 heterocycles. The van der Waals surface area contributed by atoms with Crippen molar-refractivity contribution >= 4 is 11.0 Å². The Bertz CT molecular complexity index is 675. The molecule has 0 atom stereocenters. The Morgan fingerprint density at radius 2 is 2.29 bits per heavy atom. The van der Waals surface area contributed by atoms with Crippen LogP contribution in [0.25, 0.3) is 16.9 Å². The van der Waals surface area contributed by atoms with Gasteiger partial charge in [0.1, 0.15) is 12.0 Å². The average Bonchev–Trinajstić information content (AvgIpc) is 2.94. The lowest BCUT2D eigenvalue weighted by Crippen LogP contribution is -2.00. The van der Waals surface area contributed by atoms with E-state index in [1.807, 2.05) is 0 Å². The molecule has 0 spiro atoms. The molecule has 3 aromatic heterocycles.